The molecule has 0 atom stereocenters. The summed E-state index contributed by atoms with van der Waals surface area (Å²) in [5, 5.41) is 15.7. The Labute approximate surface area is 156 Å². The van der Waals surface area contributed by atoms with Crippen LogP contribution < -0.4 is 16.4 Å². The molecule has 2 aromatic rings. The summed E-state index contributed by atoms with van der Waals surface area (Å²) in [6.07, 6.45) is 2.05. The molecule has 25 heavy (non-hydrogen) atoms. The van der Waals surface area contributed by atoms with Crippen LogP contribution in [0.1, 0.15) is 5.56 Å². The number of benzene rings is 2. The summed E-state index contributed by atoms with van der Waals surface area (Å²) in [6, 6.07) is 14.1. The number of nitrogens with zero attached hydrogens (tertiary/aromatic N) is 1. The molecule has 2 aromatic carbocycles. The van der Waals surface area contributed by atoms with Crippen LogP contribution >= 0.6 is 23.2 Å². The summed E-state index contributed by atoms with van der Waals surface area (Å²) < 4.78 is 0. The zero-order valence-electron chi connectivity index (χ0n) is 13.2. The van der Waals surface area contributed by atoms with Gasteiger partial charge in [-0.05, 0) is 36.2 Å². The summed E-state index contributed by atoms with van der Waals surface area (Å²) in [7, 11) is 0. The number of rotatable bonds is 6. The zero-order chi connectivity index (χ0) is 18.2. The van der Waals surface area contributed by atoms with Gasteiger partial charge in [-0.3, -0.25) is 4.79 Å². The van der Waals surface area contributed by atoms with E-state index in [9.17, 15) is 4.79 Å². The van der Waals surface area contributed by atoms with E-state index >= 15 is 0 Å². The van der Waals surface area contributed by atoms with E-state index in [1.807, 2.05) is 30.3 Å². The van der Waals surface area contributed by atoms with Crippen molar-refractivity contribution in [3.05, 3.63) is 69.8 Å². The zero-order valence-corrected chi connectivity index (χ0v) is 14.7. The van der Waals surface area contributed by atoms with Gasteiger partial charge in [-0.25, -0.2) is 0 Å². The van der Waals surface area contributed by atoms with Gasteiger partial charge in [0.15, 0.2) is 0 Å². The second-order valence-corrected chi connectivity index (χ2v) is 5.97. The summed E-state index contributed by atoms with van der Waals surface area (Å²) in [5.74, 6) is -0.534. The van der Waals surface area contributed by atoms with E-state index in [2.05, 4.69) is 10.6 Å². The Hall–Kier alpha value is -2.68. The highest BCUT2D eigenvalue weighted by Gasteiger charge is 2.10. The Balaban J connectivity index is 1.92. The standard InChI is InChI=1S/C18H16Cl2N4O/c19-15-4-2-1-3-12(15)7-8-23-11-13(10-21)18(25)24-14-5-6-17(22)16(20)9-14/h1-6,9,11,23H,7-8,22H2,(H,24,25)/b13-11-. The fourth-order valence-electron chi connectivity index (χ4n) is 2.03. The topological polar surface area (TPSA) is 90.9 Å². The molecule has 0 fully saturated rings. The van der Waals surface area contributed by atoms with Crippen molar-refractivity contribution in [1.29, 1.82) is 5.26 Å². The molecule has 4 N–H and O–H groups in total. The quantitative estimate of drug-likeness (QED) is 0.310. The Morgan fingerprint density at radius 1 is 1.20 bits per heavy atom. The Morgan fingerprint density at radius 2 is 1.96 bits per heavy atom. The van der Waals surface area contributed by atoms with Crippen molar-refractivity contribution in [2.75, 3.05) is 17.6 Å². The molecule has 128 valence electrons. The predicted molar refractivity (Wildman–Crippen MR) is 101 cm³/mol. The third-order valence-corrected chi connectivity index (χ3v) is 4.06. The number of hydrogen-bond donors (Lipinski definition) is 3. The lowest BCUT2D eigenvalue weighted by Gasteiger charge is -2.07. The second kappa shape index (κ2) is 8.97. The van der Waals surface area contributed by atoms with Crippen molar-refractivity contribution in [3.8, 4) is 6.07 Å². The molecule has 0 aromatic heterocycles. The fraction of sp³-hybridized carbons (Fsp3) is 0.111. The Morgan fingerprint density at radius 3 is 2.64 bits per heavy atom. The first-order valence-corrected chi connectivity index (χ1v) is 8.20. The van der Waals surface area contributed by atoms with E-state index in [1.54, 1.807) is 12.1 Å². The molecule has 0 aliphatic carbocycles. The van der Waals surface area contributed by atoms with Crippen LogP contribution in [0.15, 0.2) is 54.2 Å². The number of hydrogen-bond acceptors (Lipinski definition) is 4. The number of nitrogen functional groups attached to an aromatic ring is 1. The fourth-order valence-corrected chi connectivity index (χ4v) is 2.44. The van der Waals surface area contributed by atoms with Gasteiger partial charge in [0.05, 0.1) is 10.7 Å². The molecule has 0 bridgehead atoms. The number of anilines is 2. The SMILES string of the molecule is N#C/C(=C/NCCc1ccccc1Cl)C(=O)Nc1ccc(N)c(Cl)c1. The summed E-state index contributed by atoms with van der Waals surface area (Å²) in [4.78, 5) is 12.1. The normalized spacial score (nSPS) is 10.8. The number of halogens is 2. The molecular formula is C18H16Cl2N4O. The lowest BCUT2D eigenvalue weighted by molar-refractivity contribution is -0.112. The Kier molecular flexibility index (Phi) is 6.70. The van der Waals surface area contributed by atoms with Crippen LogP contribution in [0.25, 0.3) is 0 Å². The van der Waals surface area contributed by atoms with E-state index < -0.39 is 5.91 Å². The molecule has 2 rings (SSSR count). The predicted octanol–water partition coefficient (Wildman–Crippen LogP) is 3.75. The minimum Gasteiger partial charge on any atom is -0.398 e. The van der Waals surface area contributed by atoms with Gasteiger partial charge >= 0.3 is 0 Å². The number of carbonyl (C=O) groups is 1. The van der Waals surface area contributed by atoms with Crippen LogP contribution in [0.4, 0.5) is 11.4 Å². The van der Waals surface area contributed by atoms with Crippen molar-refractivity contribution < 1.29 is 4.79 Å². The van der Waals surface area contributed by atoms with Crippen molar-refractivity contribution in [3.63, 3.8) is 0 Å². The third-order valence-electron chi connectivity index (χ3n) is 3.37. The van der Waals surface area contributed by atoms with Crippen molar-refractivity contribution in [1.82, 2.24) is 5.32 Å². The largest absolute Gasteiger partial charge is 0.398 e. The lowest BCUT2D eigenvalue weighted by atomic mass is 10.1. The molecule has 0 spiro atoms. The molecule has 0 aliphatic rings. The van der Waals surface area contributed by atoms with E-state index in [0.29, 0.717) is 34.4 Å². The number of amides is 1. The highest BCUT2D eigenvalue weighted by atomic mass is 35.5. The monoisotopic (exact) mass is 374 g/mol. The van der Waals surface area contributed by atoms with Gasteiger partial charge < -0.3 is 16.4 Å². The summed E-state index contributed by atoms with van der Waals surface area (Å²) >= 11 is 12.0. The van der Waals surface area contributed by atoms with E-state index in [4.69, 9.17) is 34.2 Å². The number of carbonyl (C=O) groups excluding carboxylic acids is 1. The van der Waals surface area contributed by atoms with E-state index in [-0.39, 0.29) is 5.57 Å². The number of nitriles is 1. The van der Waals surface area contributed by atoms with Crippen LogP contribution in [0.5, 0.6) is 0 Å². The first-order valence-electron chi connectivity index (χ1n) is 7.44. The van der Waals surface area contributed by atoms with Crippen LogP contribution in [0.3, 0.4) is 0 Å². The summed E-state index contributed by atoms with van der Waals surface area (Å²) in [5.41, 5.74) is 7.43. The average molecular weight is 375 g/mol. The Bertz CT molecular complexity index is 843. The van der Waals surface area contributed by atoms with Gasteiger partial charge in [-0.15, -0.1) is 0 Å². The summed E-state index contributed by atoms with van der Waals surface area (Å²) in [6.45, 7) is 0.538. The molecule has 5 nitrogen and oxygen atoms in total. The van der Waals surface area contributed by atoms with Gasteiger partial charge in [0, 0.05) is 23.5 Å². The van der Waals surface area contributed by atoms with Crippen LogP contribution in [-0.4, -0.2) is 12.5 Å². The maximum Gasteiger partial charge on any atom is 0.267 e. The van der Waals surface area contributed by atoms with Crippen LogP contribution in [0.2, 0.25) is 10.0 Å². The average Bonchev–Trinajstić information content (AvgIpc) is 2.59. The number of nitrogens with two attached hydrogens (primary N) is 1. The van der Waals surface area contributed by atoms with E-state index in [0.717, 1.165) is 5.56 Å². The smallest absolute Gasteiger partial charge is 0.267 e. The minimum absolute atomic E-state index is 0.0490. The maximum atomic E-state index is 12.1. The van der Waals surface area contributed by atoms with Crippen molar-refractivity contribution >= 4 is 40.5 Å². The van der Waals surface area contributed by atoms with Crippen molar-refractivity contribution in [2.45, 2.75) is 6.42 Å². The van der Waals surface area contributed by atoms with Crippen LogP contribution in [0, 0.1) is 11.3 Å². The molecule has 0 heterocycles. The number of nitrogens with one attached hydrogen (secondary N) is 2. The molecule has 0 saturated heterocycles. The molecule has 0 aliphatic heterocycles. The van der Waals surface area contributed by atoms with Crippen LogP contribution in [-0.2, 0) is 11.2 Å². The van der Waals surface area contributed by atoms with E-state index in [1.165, 1.54) is 12.3 Å². The second-order valence-electron chi connectivity index (χ2n) is 5.16. The van der Waals surface area contributed by atoms with Crippen molar-refractivity contribution in [2.24, 2.45) is 0 Å². The molecular weight excluding hydrogens is 359 g/mol. The van der Waals surface area contributed by atoms with Gasteiger partial charge in [-0.2, -0.15) is 5.26 Å². The maximum absolute atomic E-state index is 12.1. The minimum atomic E-state index is -0.534. The molecule has 7 heteroatoms. The molecule has 0 unspecified atom stereocenters. The van der Waals surface area contributed by atoms with Gasteiger partial charge in [0.2, 0.25) is 0 Å². The van der Waals surface area contributed by atoms with Gasteiger partial charge in [-0.1, -0.05) is 41.4 Å². The van der Waals surface area contributed by atoms with Gasteiger partial charge in [0.25, 0.3) is 5.91 Å². The molecule has 0 saturated carbocycles. The lowest BCUT2D eigenvalue weighted by Crippen LogP contribution is -2.18. The highest BCUT2D eigenvalue weighted by Crippen LogP contribution is 2.22. The molecule has 1 amide bonds. The first-order chi connectivity index (χ1) is 12.0. The third kappa shape index (κ3) is 5.42. The van der Waals surface area contributed by atoms with Gasteiger partial charge in [0.1, 0.15) is 11.6 Å². The highest BCUT2D eigenvalue weighted by molar-refractivity contribution is 6.33. The first kappa shape index (κ1) is 18.7. The molecule has 0 radical (unpaired) electrons.